The Hall–Kier alpha value is -3.21. The lowest BCUT2D eigenvalue weighted by Crippen LogP contribution is -2.39. The van der Waals surface area contributed by atoms with Crippen molar-refractivity contribution in [3.63, 3.8) is 0 Å². The summed E-state index contributed by atoms with van der Waals surface area (Å²) >= 11 is 3.31. The van der Waals surface area contributed by atoms with Crippen molar-refractivity contribution in [1.29, 1.82) is 0 Å². The number of rotatable bonds is 2. The Morgan fingerprint density at radius 1 is 1.22 bits per heavy atom. The van der Waals surface area contributed by atoms with E-state index in [0.717, 1.165) is 10.2 Å². The largest absolute Gasteiger partial charge is 0.412 e. The second kappa shape index (κ2) is 6.50. The summed E-state index contributed by atoms with van der Waals surface area (Å²) in [6, 6.07) is 4.87. The van der Waals surface area contributed by atoms with E-state index in [1.165, 1.54) is 4.52 Å². The molecule has 1 aliphatic rings. The highest BCUT2D eigenvalue weighted by Crippen LogP contribution is 2.20. The first-order valence-electron chi connectivity index (χ1n) is 7.92. The number of nitrogens with zero attached hydrogens (tertiary/aromatic N) is 5. The standard InChI is InChI=1S/C16H13BrN6O4/c17-9-6-19-13-5-11(20-23(13)7-9)14(24)21-3-4-22-10(8-21)1-2-12(22)15(25)27-16(18)26/h1-2,5-7H,3-4,8H2,(H2,18,26). The van der Waals surface area contributed by atoms with Gasteiger partial charge in [-0.2, -0.15) is 5.10 Å². The molecule has 27 heavy (non-hydrogen) atoms. The van der Waals surface area contributed by atoms with E-state index in [2.05, 4.69) is 30.7 Å². The van der Waals surface area contributed by atoms with Gasteiger partial charge in [-0.1, -0.05) is 0 Å². The number of primary amides is 1. The van der Waals surface area contributed by atoms with Crippen LogP contribution in [0.25, 0.3) is 5.65 Å². The van der Waals surface area contributed by atoms with Gasteiger partial charge < -0.3 is 19.9 Å². The maximum atomic E-state index is 12.8. The monoisotopic (exact) mass is 432 g/mol. The lowest BCUT2D eigenvalue weighted by molar-refractivity contribution is 0.0620. The van der Waals surface area contributed by atoms with Gasteiger partial charge in [0.05, 0.1) is 11.0 Å². The summed E-state index contributed by atoms with van der Waals surface area (Å²) in [4.78, 5) is 41.3. The van der Waals surface area contributed by atoms with E-state index >= 15 is 0 Å². The second-order valence-electron chi connectivity index (χ2n) is 5.90. The molecule has 0 radical (unpaired) electrons. The lowest BCUT2D eigenvalue weighted by Gasteiger charge is -2.28. The Balaban J connectivity index is 1.55. The number of ether oxygens (including phenoxy) is 1. The average Bonchev–Trinajstić information content (AvgIpc) is 3.23. The van der Waals surface area contributed by atoms with E-state index in [0.29, 0.717) is 25.3 Å². The molecule has 4 rings (SSSR count). The van der Waals surface area contributed by atoms with Crippen LogP contribution in [0.15, 0.2) is 35.1 Å². The van der Waals surface area contributed by atoms with Crippen molar-refractivity contribution in [1.82, 2.24) is 24.1 Å². The number of carbonyl (C=O) groups is 3. The fraction of sp³-hybridized carbons (Fsp3) is 0.188. The van der Waals surface area contributed by atoms with Crippen molar-refractivity contribution in [2.45, 2.75) is 13.1 Å². The van der Waals surface area contributed by atoms with Crippen molar-refractivity contribution in [2.75, 3.05) is 6.54 Å². The summed E-state index contributed by atoms with van der Waals surface area (Å²) in [5.41, 5.74) is 6.70. The number of esters is 1. The number of hydrogen-bond donors (Lipinski definition) is 1. The van der Waals surface area contributed by atoms with Crippen LogP contribution >= 0.6 is 15.9 Å². The van der Waals surface area contributed by atoms with E-state index in [9.17, 15) is 14.4 Å². The zero-order valence-electron chi connectivity index (χ0n) is 13.8. The van der Waals surface area contributed by atoms with Crippen molar-refractivity contribution in [3.05, 3.63) is 52.1 Å². The molecule has 0 fully saturated rings. The van der Waals surface area contributed by atoms with E-state index in [1.807, 2.05) is 0 Å². The van der Waals surface area contributed by atoms with Gasteiger partial charge >= 0.3 is 12.1 Å². The molecule has 0 aromatic carbocycles. The van der Waals surface area contributed by atoms with Gasteiger partial charge in [0.2, 0.25) is 0 Å². The first-order valence-corrected chi connectivity index (χ1v) is 8.72. The SMILES string of the molecule is NC(=O)OC(=O)c1ccc2n1CCN(C(=O)c1cc3ncc(Br)cn3n1)C2. The van der Waals surface area contributed by atoms with Crippen molar-refractivity contribution in [3.8, 4) is 0 Å². The molecule has 2 N–H and O–H groups in total. The molecule has 3 aromatic heterocycles. The highest BCUT2D eigenvalue weighted by Gasteiger charge is 2.27. The topological polar surface area (TPSA) is 125 Å². The maximum Gasteiger partial charge on any atom is 0.412 e. The van der Waals surface area contributed by atoms with Crippen LogP contribution in [0.1, 0.15) is 26.7 Å². The number of nitrogens with two attached hydrogens (primary N) is 1. The normalized spacial score (nSPS) is 13.4. The van der Waals surface area contributed by atoms with Crippen LogP contribution in [-0.2, 0) is 17.8 Å². The van der Waals surface area contributed by atoms with Crippen molar-refractivity contribution in [2.24, 2.45) is 5.73 Å². The molecule has 0 saturated heterocycles. The van der Waals surface area contributed by atoms with E-state index in [4.69, 9.17) is 5.73 Å². The highest BCUT2D eigenvalue weighted by atomic mass is 79.9. The van der Waals surface area contributed by atoms with Crippen LogP contribution in [0.2, 0.25) is 0 Å². The number of fused-ring (bicyclic) bond motifs is 2. The molecule has 0 unspecified atom stereocenters. The molecule has 2 amide bonds. The van der Waals surface area contributed by atoms with Gasteiger partial charge in [0.1, 0.15) is 5.69 Å². The van der Waals surface area contributed by atoms with Crippen LogP contribution in [0.4, 0.5) is 4.79 Å². The Morgan fingerprint density at radius 3 is 2.81 bits per heavy atom. The van der Waals surface area contributed by atoms with E-state index in [-0.39, 0.29) is 17.3 Å². The third kappa shape index (κ3) is 3.16. The van der Waals surface area contributed by atoms with Crippen molar-refractivity contribution >= 4 is 39.5 Å². The lowest BCUT2D eigenvalue weighted by atomic mass is 10.2. The number of aromatic nitrogens is 4. The van der Waals surface area contributed by atoms with Crippen LogP contribution in [0.5, 0.6) is 0 Å². The predicted octanol–water partition coefficient (Wildman–Crippen LogP) is 1.18. The zero-order valence-corrected chi connectivity index (χ0v) is 15.4. The quantitative estimate of drug-likeness (QED) is 0.478. The van der Waals surface area contributed by atoms with Gasteiger partial charge in [0.15, 0.2) is 11.3 Å². The van der Waals surface area contributed by atoms with Crippen LogP contribution in [0, 0.1) is 0 Å². The molecule has 0 saturated carbocycles. The fourth-order valence-electron chi connectivity index (χ4n) is 3.02. The third-order valence-electron chi connectivity index (χ3n) is 4.21. The highest BCUT2D eigenvalue weighted by molar-refractivity contribution is 9.10. The molecule has 1 aliphatic heterocycles. The number of hydrogen-bond acceptors (Lipinski definition) is 6. The molecule has 0 bridgehead atoms. The maximum absolute atomic E-state index is 12.8. The Kier molecular flexibility index (Phi) is 4.15. The number of amides is 2. The summed E-state index contributed by atoms with van der Waals surface area (Å²) in [7, 11) is 0. The molecular weight excluding hydrogens is 420 g/mol. The smallest absolute Gasteiger partial charge is 0.372 e. The van der Waals surface area contributed by atoms with Gasteiger partial charge in [-0.25, -0.2) is 19.1 Å². The molecule has 3 aromatic rings. The number of halogens is 1. The molecule has 11 heteroatoms. The zero-order chi connectivity index (χ0) is 19.1. The first kappa shape index (κ1) is 17.2. The molecule has 0 aliphatic carbocycles. The van der Waals surface area contributed by atoms with Gasteiger partial charge in [-0.3, -0.25) is 4.79 Å². The summed E-state index contributed by atoms with van der Waals surface area (Å²) in [5.74, 6) is -1.05. The van der Waals surface area contributed by atoms with E-state index < -0.39 is 12.1 Å². The molecule has 10 nitrogen and oxygen atoms in total. The Morgan fingerprint density at radius 2 is 2.04 bits per heavy atom. The van der Waals surface area contributed by atoms with E-state index in [1.54, 1.807) is 40.1 Å². The first-order chi connectivity index (χ1) is 12.9. The summed E-state index contributed by atoms with van der Waals surface area (Å²) in [6.45, 7) is 1.06. The number of carbonyl (C=O) groups excluding carboxylic acids is 3. The summed E-state index contributed by atoms with van der Waals surface area (Å²) < 4.78 is 8.41. The Labute approximate surface area is 160 Å². The summed E-state index contributed by atoms with van der Waals surface area (Å²) in [6.07, 6.45) is 2.19. The fourth-order valence-corrected chi connectivity index (χ4v) is 3.32. The predicted molar refractivity (Wildman–Crippen MR) is 94.9 cm³/mol. The average molecular weight is 433 g/mol. The van der Waals surface area contributed by atoms with Gasteiger partial charge in [0, 0.05) is 37.2 Å². The summed E-state index contributed by atoms with van der Waals surface area (Å²) in [5, 5.41) is 4.27. The van der Waals surface area contributed by atoms with Crippen LogP contribution < -0.4 is 5.73 Å². The Bertz CT molecular complexity index is 1090. The minimum atomic E-state index is -1.16. The molecule has 138 valence electrons. The van der Waals surface area contributed by atoms with Crippen molar-refractivity contribution < 1.29 is 19.1 Å². The molecule has 0 atom stereocenters. The second-order valence-corrected chi connectivity index (χ2v) is 6.82. The minimum absolute atomic E-state index is 0.220. The van der Waals surface area contributed by atoms with Crippen LogP contribution in [0.3, 0.4) is 0 Å². The third-order valence-corrected chi connectivity index (χ3v) is 4.62. The van der Waals surface area contributed by atoms with Gasteiger partial charge in [-0.15, -0.1) is 0 Å². The molecule has 4 heterocycles. The molecular formula is C16H13BrN6O4. The molecule has 0 spiro atoms. The van der Waals surface area contributed by atoms with Gasteiger partial charge in [0.25, 0.3) is 5.91 Å². The minimum Gasteiger partial charge on any atom is -0.372 e. The van der Waals surface area contributed by atoms with Gasteiger partial charge in [-0.05, 0) is 28.1 Å². The van der Waals surface area contributed by atoms with Crippen LogP contribution in [-0.4, -0.2) is 48.6 Å².